The lowest BCUT2D eigenvalue weighted by molar-refractivity contribution is -0.145. The number of hydrogen-bond donors (Lipinski definition) is 3. The van der Waals surface area contributed by atoms with Crippen LogP contribution in [0.1, 0.15) is 38.8 Å². The first-order valence-corrected chi connectivity index (χ1v) is 9.83. The van der Waals surface area contributed by atoms with E-state index in [9.17, 15) is 9.59 Å². The van der Waals surface area contributed by atoms with Gasteiger partial charge in [0.2, 0.25) is 0 Å². The van der Waals surface area contributed by atoms with E-state index in [0.717, 1.165) is 11.1 Å². The van der Waals surface area contributed by atoms with Crippen LogP contribution in [0.15, 0.2) is 42.5 Å². The molecule has 2 rings (SSSR count). The van der Waals surface area contributed by atoms with Crippen LogP contribution in [0.25, 0.3) is 0 Å². The fourth-order valence-corrected chi connectivity index (χ4v) is 2.86. The number of carbonyl (C=O) groups is 2. The highest BCUT2D eigenvalue weighted by Crippen LogP contribution is 2.28. The number of hydrogen-bond acceptors (Lipinski definition) is 5. The molecule has 0 spiro atoms. The van der Waals surface area contributed by atoms with Crippen molar-refractivity contribution in [1.29, 1.82) is 5.41 Å². The Hall–Kier alpha value is -3.06. The molecule has 7 nitrogen and oxygen atoms in total. The molecule has 8 heteroatoms. The van der Waals surface area contributed by atoms with Gasteiger partial charge < -0.3 is 25.5 Å². The highest BCUT2D eigenvalue weighted by molar-refractivity contribution is 6.32. The van der Waals surface area contributed by atoms with Crippen LogP contribution in [-0.4, -0.2) is 30.9 Å². The number of anilines is 1. The summed E-state index contributed by atoms with van der Waals surface area (Å²) in [4.78, 5) is 24.0. The van der Waals surface area contributed by atoms with Gasteiger partial charge in [0.15, 0.2) is 6.61 Å². The molecule has 0 aliphatic carbocycles. The number of amides is 2. The maximum Gasteiger partial charge on any atom is 0.344 e. The third-order valence-corrected chi connectivity index (χ3v) is 4.60. The molecular formula is C22H26ClN3O4. The van der Waals surface area contributed by atoms with Crippen molar-refractivity contribution in [1.82, 2.24) is 5.32 Å². The van der Waals surface area contributed by atoms with Gasteiger partial charge in [-0.25, -0.2) is 9.59 Å². The maximum atomic E-state index is 12.6. The number of ether oxygens (including phenoxy) is 2. The van der Waals surface area contributed by atoms with E-state index in [0.29, 0.717) is 16.4 Å². The standard InChI is InChI=1S/C22H26ClN3O4/c1-5-29-20(27)13-30-19-12-17(9-10-18(19)23)25-21(28)26-22(3,4)16-8-6-7-15(11-16)14(2)24/h6-12,24H,5,13H2,1-4H3,(H2,25,26,28). The largest absolute Gasteiger partial charge is 0.480 e. The minimum atomic E-state index is -0.675. The molecule has 0 aliphatic rings. The van der Waals surface area contributed by atoms with Crippen molar-refractivity contribution in [3.05, 3.63) is 58.6 Å². The molecule has 0 atom stereocenters. The molecule has 0 bridgehead atoms. The van der Waals surface area contributed by atoms with E-state index in [2.05, 4.69) is 10.6 Å². The first kappa shape index (κ1) is 23.2. The third-order valence-electron chi connectivity index (χ3n) is 4.28. The first-order valence-electron chi connectivity index (χ1n) is 9.45. The van der Waals surface area contributed by atoms with Crippen LogP contribution in [0.4, 0.5) is 10.5 Å². The minimum absolute atomic E-state index is 0.260. The molecule has 0 heterocycles. The maximum absolute atomic E-state index is 12.6. The van der Waals surface area contributed by atoms with Crippen LogP contribution in [0.3, 0.4) is 0 Å². The van der Waals surface area contributed by atoms with Gasteiger partial charge in [0.1, 0.15) is 5.75 Å². The second-order valence-corrected chi connectivity index (χ2v) is 7.56. The Labute approximate surface area is 181 Å². The molecule has 30 heavy (non-hydrogen) atoms. The van der Waals surface area contributed by atoms with Gasteiger partial charge in [-0.2, -0.15) is 0 Å². The SMILES string of the molecule is CCOC(=O)COc1cc(NC(=O)NC(C)(C)c2cccc(C(C)=N)c2)ccc1Cl. The Morgan fingerprint density at radius 3 is 2.57 bits per heavy atom. The van der Waals surface area contributed by atoms with Gasteiger partial charge in [-0.15, -0.1) is 0 Å². The Bertz CT molecular complexity index is 944. The lowest BCUT2D eigenvalue weighted by Gasteiger charge is -2.27. The third kappa shape index (κ3) is 6.49. The summed E-state index contributed by atoms with van der Waals surface area (Å²) in [7, 11) is 0. The van der Waals surface area contributed by atoms with Crippen LogP contribution in [-0.2, 0) is 15.1 Å². The van der Waals surface area contributed by atoms with Crippen LogP contribution >= 0.6 is 11.6 Å². The Balaban J connectivity index is 2.06. The summed E-state index contributed by atoms with van der Waals surface area (Å²) in [5.74, 6) is -0.246. The molecule has 2 aromatic carbocycles. The van der Waals surface area contributed by atoms with Crippen LogP contribution in [0.2, 0.25) is 5.02 Å². The van der Waals surface area contributed by atoms with E-state index in [4.69, 9.17) is 26.5 Å². The summed E-state index contributed by atoms with van der Waals surface area (Å²) in [6.45, 7) is 7.16. The number of urea groups is 1. The average Bonchev–Trinajstić information content (AvgIpc) is 2.68. The molecule has 160 valence electrons. The number of esters is 1. The van der Waals surface area contributed by atoms with E-state index < -0.39 is 17.5 Å². The molecule has 0 fully saturated rings. The van der Waals surface area contributed by atoms with Gasteiger partial charge in [0, 0.05) is 17.5 Å². The monoisotopic (exact) mass is 431 g/mol. The summed E-state index contributed by atoms with van der Waals surface area (Å²) >= 11 is 6.10. The lowest BCUT2D eigenvalue weighted by atomic mass is 9.92. The zero-order valence-electron chi connectivity index (χ0n) is 17.5. The van der Waals surface area contributed by atoms with E-state index in [1.807, 2.05) is 38.1 Å². The molecule has 0 unspecified atom stereocenters. The van der Waals surface area contributed by atoms with Crippen molar-refractivity contribution >= 4 is 35.0 Å². The van der Waals surface area contributed by atoms with Gasteiger partial charge >= 0.3 is 12.0 Å². The molecule has 0 saturated heterocycles. The predicted molar refractivity (Wildman–Crippen MR) is 118 cm³/mol. The highest BCUT2D eigenvalue weighted by atomic mass is 35.5. The van der Waals surface area contributed by atoms with E-state index in [-0.39, 0.29) is 19.0 Å². The molecule has 0 aromatic heterocycles. The van der Waals surface area contributed by atoms with Gasteiger partial charge in [-0.1, -0.05) is 29.8 Å². The van der Waals surface area contributed by atoms with E-state index in [1.165, 1.54) is 6.07 Å². The first-order chi connectivity index (χ1) is 14.1. The second-order valence-electron chi connectivity index (χ2n) is 7.15. The molecule has 2 aromatic rings. The molecule has 3 N–H and O–H groups in total. The Morgan fingerprint density at radius 1 is 1.17 bits per heavy atom. The summed E-state index contributed by atoms with van der Waals surface area (Å²) in [6, 6.07) is 11.8. The van der Waals surface area contributed by atoms with Crippen molar-refractivity contribution in [3.63, 3.8) is 0 Å². The van der Waals surface area contributed by atoms with Crippen molar-refractivity contribution in [2.24, 2.45) is 0 Å². The molecule has 0 aliphatic heterocycles. The van der Waals surface area contributed by atoms with E-state index in [1.54, 1.807) is 26.0 Å². The number of rotatable bonds is 8. The predicted octanol–water partition coefficient (Wildman–Crippen LogP) is 4.73. The minimum Gasteiger partial charge on any atom is -0.480 e. The zero-order valence-corrected chi connectivity index (χ0v) is 18.2. The second kappa shape index (κ2) is 10.1. The quantitative estimate of drug-likeness (QED) is 0.415. The van der Waals surface area contributed by atoms with Crippen LogP contribution in [0.5, 0.6) is 5.75 Å². The van der Waals surface area contributed by atoms with Crippen molar-refractivity contribution < 1.29 is 19.1 Å². The fraction of sp³-hybridized carbons (Fsp3) is 0.318. The lowest BCUT2D eigenvalue weighted by Crippen LogP contribution is -2.43. The number of benzene rings is 2. The highest BCUT2D eigenvalue weighted by Gasteiger charge is 2.23. The molecule has 2 amide bonds. The molecule has 0 radical (unpaired) electrons. The number of halogens is 1. The van der Waals surface area contributed by atoms with Gasteiger partial charge in [-0.05, 0) is 57.0 Å². The molecular weight excluding hydrogens is 406 g/mol. The van der Waals surface area contributed by atoms with Crippen molar-refractivity contribution in [2.45, 2.75) is 33.2 Å². The smallest absolute Gasteiger partial charge is 0.344 e. The number of carbonyl (C=O) groups excluding carboxylic acids is 2. The van der Waals surface area contributed by atoms with Crippen LogP contribution < -0.4 is 15.4 Å². The Morgan fingerprint density at radius 2 is 1.90 bits per heavy atom. The van der Waals surface area contributed by atoms with Crippen LogP contribution in [0, 0.1) is 5.41 Å². The molecule has 0 saturated carbocycles. The van der Waals surface area contributed by atoms with Crippen molar-refractivity contribution in [3.8, 4) is 5.75 Å². The summed E-state index contributed by atoms with van der Waals surface area (Å²) < 4.78 is 10.2. The summed E-state index contributed by atoms with van der Waals surface area (Å²) in [5, 5.41) is 13.8. The summed E-state index contributed by atoms with van der Waals surface area (Å²) in [5.41, 5.74) is 1.90. The topological polar surface area (TPSA) is 101 Å². The van der Waals surface area contributed by atoms with Crippen molar-refractivity contribution in [2.75, 3.05) is 18.5 Å². The average molecular weight is 432 g/mol. The van der Waals surface area contributed by atoms with Gasteiger partial charge in [-0.3, -0.25) is 0 Å². The number of nitrogens with one attached hydrogen (secondary N) is 3. The zero-order chi connectivity index (χ0) is 22.3. The normalized spacial score (nSPS) is 10.8. The van der Waals surface area contributed by atoms with Gasteiger partial charge in [0.25, 0.3) is 0 Å². The van der Waals surface area contributed by atoms with E-state index >= 15 is 0 Å². The fourth-order valence-electron chi connectivity index (χ4n) is 2.69. The Kier molecular flexibility index (Phi) is 7.83. The summed E-state index contributed by atoms with van der Waals surface area (Å²) in [6.07, 6.45) is 0. The van der Waals surface area contributed by atoms with Gasteiger partial charge in [0.05, 0.1) is 17.2 Å².